The fourth-order valence-corrected chi connectivity index (χ4v) is 2.66. The van der Waals surface area contributed by atoms with E-state index in [0.717, 1.165) is 23.8 Å². The SMILES string of the molecule is CNC(=O)Nc1c(Nc2cc(C(F)(F)F)c(Br)cn2)s[nH]c1=O. The first-order valence-corrected chi connectivity index (χ1v) is 7.53. The number of anilines is 3. The lowest BCUT2D eigenvalue weighted by Crippen LogP contribution is -2.27. The first-order chi connectivity index (χ1) is 10.7. The average molecular weight is 412 g/mol. The van der Waals surface area contributed by atoms with E-state index >= 15 is 0 Å². The van der Waals surface area contributed by atoms with E-state index in [0.29, 0.717) is 0 Å². The van der Waals surface area contributed by atoms with Gasteiger partial charge in [0.15, 0.2) is 0 Å². The Morgan fingerprint density at radius 2 is 2.13 bits per heavy atom. The summed E-state index contributed by atoms with van der Waals surface area (Å²) in [7, 11) is 1.36. The molecule has 0 aliphatic heterocycles. The van der Waals surface area contributed by atoms with Crippen molar-refractivity contribution in [2.45, 2.75) is 6.18 Å². The molecule has 0 bridgehead atoms. The van der Waals surface area contributed by atoms with E-state index in [1.165, 1.54) is 7.05 Å². The Bertz CT molecular complexity index is 789. The molecule has 2 rings (SSSR count). The zero-order chi connectivity index (χ0) is 17.2. The maximum atomic E-state index is 12.9. The van der Waals surface area contributed by atoms with Crippen molar-refractivity contribution in [3.8, 4) is 0 Å². The molecule has 7 nitrogen and oxygen atoms in total. The summed E-state index contributed by atoms with van der Waals surface area (Å²) in [5.41, 5.74) is -1.62. The molecule has 0 spiro atoms. The first kappa shape index (κ1) is 17.3. The van der Waals surface area contributed by atoms with Gasteiger partial charge in [-0.05, 0) is 33.5 Å². The van der Waals surface area contributed by atoms with Crippen LogP contribution < -0.4 is 21.5 Å². The van der Waals surface area contributed by atoms with Crippen molar-refractivity contribution in [1.29, 1.82) is 0 Å². The number of carbonyl (C=O) groups is 1. The van der Waals surface area contributed by atoms with E-state index in [2.05, 4.69) is 41.2 Å². The molecule has 0 unspecified atom stereocenters. The summed E-state index contributed by atoms with van der Waals surface area (Å²) in [5, 5.41) is 7.24. The number of nitrogens with one attached hydrogen (secondary N) is 4. The predicted molar refractivity (Wildman–Crippen MR) is 83.2 cm³/mol. The van der Waals surface area contributed by atoms with Crippen LogP contribution in [0.2, 0.25) is 0 Å². The molecule has 23 heavy (non-hydrogen) atoms. The smallest absolute Gasteiger partial charge is 0.341 e. The van der Waals surface area contributed by atoms with E-state index in [1.807, 2.05) is 0 Å². The Labute approximate surface area is 139 Å². The highest BCUT2D eigenvalue weighted by Gasteiger charge is 2.33. The molecule has 0 saturated heterocycles. The minimum atomic E-state index is -4.56. The van der Waals surface area contributed by atoms with E-state index in [1.54, 1.807) is 0 Å². The number of alkyl halides is 3. The molecule has 12 heteroatoms. The number of aromatic amines is 1. The van der Waals surface area contributed by atoms with Crippen molar-refractivity contribution in [2.24, 2.45) is 0 Å². The molecule has 2 heterocycles. The number of urea groups is 1. The lowest BCUT2D eigenvalue weighted by molar-refractivity contribution is -0.138. The van der Waals surface area contributed by atoms with Crippen molar-refractivity contribution >= 4 is 50.0 Å². The number of halogens is 4. The molecule has 0 aliphatic carbocycles. The Morgan fingerprint density at radius 1 is 1.43 bits per heavy atom. The molecule has 0 radical (unpaired) electrons. The van der Waals surface area contributed by atoms with Crippen molar-refractivity contribution in [3.63, 3.8) is 0 Å². The van der Waals surface area contributed by atoms with Crippen molar-refractivity contribution in [2.75, 3.05) is 17.7 Å². The topological polar surface area (TPSA) is 98.9 Å². The molecular weight excluding hydrogens is 403 g/mol. The van der Waals surface area contributed by atoms with Crippen LogP contribution in [-0.2, 0) is 6.18 Å². The molecule has 2 aromatic rings. The van der Waals surface area contributed by atoms with Gasteiger partial charge in [0.05, 0.1) is 5.56 Å². The third-order valence-electron chi connectivity index (χ3n) is 2.57. The van der Waals surface area contributed by atoms with Gasteiger partial charge in [0.2, 0.25) is 0 Å². The largest absolute Gasteiger partial charge is 0.417 e. The quantitative estimate of drug-likeness (QED) is 0.623. The number of amides is 2. The Hall–Kier alpha value is -2.08. The molecule has 4 N–H and O–H groups in total. The van der Waals surface area contributed by atoms with Crippen LogP contribution in [0.25, 0.3) is 0 Å². The monoisotopic (exact) mass is 411 g/mol. The number of aromatic nitrogens is 2. The maximum Gasteiger partial charge on any atom is 0.417 e. The summed E-state index contributed by atoms with van der Waals surface area (Å²) in [6.45, 7) is 0. The highest BCUT2D eigenvalue weighted by Crippen LogP contribution is 2.36. The fraction of sp³-hybridized carbons (Fsp3) is 0.182. The molecule has 0 aliphatic rings. The number of hydrogen-bond donors (Lipinski definition) is 4. The van der Waals surface area contributed by atoms with Crippen LogP contribution in [0.3, 0.4) is 0 Å². The van der Waals surface area contributed by atoms with Gasteiger partial charge in [0.25, 0.3) is 5.56 Å². The summed E-state index contributed by atoms with van der Waals surface area (Å²) >= 11 is 3.60. The van der Waals surface area contributed by atoms with Gasteiger partial charge in [-0.2, -0.15) is 13.2 Å². The summed E-state index contributed by atoms with van der Waals surface area (Å²) in [6.07, 6.45) is -3.57. The minimum absolute atomic E-state index is 0.118. The number of H-pyrrole nitrogens is 1. The van der Waals surface area contributed by atoms with Crippen LogP contribution in [0.4, 0.5) is 34.5 Å². The molecule has 0 saturated carbocycles. The fourth-order valence-electron chi connectivity index (χ4n) is 1.52. The Morgan fingerprint density at radius 3 is 2.74 bits per heavy atom. The summed E-state index contributed by atoms with van der Waals surface area (Å²) in [6, 6.07) is 0.148. The van der Waals surface area contributed by atoms with Crippen LogP contribution >= 0.6 is 27.5 Å². The second-order valence-electron chi connectivity index (χ2n) is 4.11. The van der Waals surface area contributed by atoms with Crippen LogP contribution in [0, 0.1) is 0 Å². The van der Waals surface area contributed by atoms with Crippen LogP contribution in [0.15, 0.2) is 21.5 Å². The molecule has 0 fully saturated rings. The van der Waals surface area contributed by atoms with Crippen LogP contribution in [0.1, 0.15) is 5.56 Å². The van der Waals surface area contributed by atoms with E-state index < -0.39 is 23.3 Å². The van der Waals surface area contributed by atoms with Crippen molar-refractivity contribution in [1.82, 2.24) is 14.7 Å². The molecular formula is C11H9BrF3N5O2S. The lowest BCUT2D eigenvalue weighted by atomic mass is 10.2. The molecule has 2 aromatic heterocycles. The highest BCUT2D eigenvalue weighted by atomic mass is 79.9. The van der Waals surface area contributed by atoms with E-state index in [4.69, 9.17) is 0 Å². The normalized spacial score (nSPS) is 11.2. The zero-order valence-electron chi connectivity index (χ0n) is 11.3. The highest BCUT2D eigenvalue weighted by molar-refractivity contribution is 9.10. The average Bonchev–Trinajstić information content (AvgIpc) is 2.81. The molecule has 2 amide bonds. The minimum Gasteiger partial charge on any atom is -0.341 e. The third kappa shape index (κ3) is 4.01. The zero-order valence-corrected chi connectivity index (χ0v) is 13.7. The first-order valence-electron chi connectivity index (χ1n) is 5.92. The number of carbonyl (C=O) groups excluding carboxylic acids is 1. The Balaban J connectivity index is 2.34. The second kappa shape index (κ2) is 6.58. The second-order valence-corrected chi connectivity index (χ2v) is 5.78. The van der Waals surface area contributed by atoms with E-state index in [-0.39, 0.29) is 21.0 Å². The van der Waals surface area contributed by atoms with Gasteiger partial charge in [-0.15, -0.1) is 0 Å². The van der Waals surface area contributed by atoms with Crippen molar-refractivity contribution in [3.05, 3.63) is 32.7 Å². The predicted octanol–water partition coefficient (Wildman–Crippen LogP) is 3.11. The molecule has 124 valence electrons. The van der Waals surface area contributed by atoms with Crippen molar-refractivity contribution < 1.29 is 18.0 Å². The standard InChI is InChI=1S/C11H9BrF3N5O2S/c1-16-10(22)19-7-8(21)20-23-9(7)18-6-2-4(11(13,14)15)5(12)3-17-6/h2-3H,1H3,(H,17,18)(H,20,21)(H2,16,19,22). The van der Waals surface area contributed by atoms with Gasteiger partial charge < -0.3 is 16.0 Å². The summed E-state index contributed by atoms with van der Waals surface area (Å²) in [4.78, 5) is 26.7. The van der Waals surface area contributed by atoms with Crippen LogP contribution in [-0.4, -0.2) is 22.4 Å². The van der Waals surface area contributed by atoms with Gasteiger partial charge in [0.1, 0.15) is 16.5 Å². The van der Waals surface area contributed by atoms with Gasteiger partial charge in [0, 0.05) is 17.7 Å². The van der Waals surface area contributed by atoms with Crippen LogP contribution in [0.5, 0.6) is 0 Å². The summed E-state index contributed by atoms with van der Waals surface area (Å²) < 4.78 is 40.8. The van der Waals surface area contributed by atoms with E-state index in [9.17, 15) is 22.8 Å². The summed E-state index contributed by atoms with van der Waals surface area (Å²) in [5.74, 6) is -0.129. The number of pyridine rings is 1. The molecule has 0 atom stereocenters. The lowest BCUT2D eigenvalue weighted by Gasteiger charge is -2.11. The van der Waals surface area contributed by atoms with Gasteiger partial charge in [-0.3, -0.25) is 9.17 Å². The number of rotatable bonds is 3. The number of nitrogens with zero attached hydrogens (tertiary/aromatic N) is 1. The number of hydrogen-bond acceptors (Lipinski definition) is 5. The van der Waals surface area contributed by atoms with Gasteiger partial charge >= 0.3 is 12.2 Å². The maximum absolute atomic E-state index is 12.9. The Kier molecular flexibility index (Phi) is 4.94. The van der Waals surface area contributed by atoms with Gasteiger partial charge in [-0.25, -0.2) is 9.78 Å². The third-order valence-corrected chi connectivity index (χ3v) is 4.00. The van der Waals surface area contributed by atoms with Gasteiger partial charge in [-0.1, -0.05) is 0 Å². The molecule has 0 aromatic carbocycles.